The summed E-state index contributed by atoms with van der Waals surface area (Å²) in [6, 6.07) is 0. The molecular weight excluding hydrogens is 250 g/mol. The van der Waals surface area contributed by atoms with Gasteiger partial charge in [-0.2, -0.15) is 0 Å². The van der Waals surface area contributed by atoms with Gasteiger partial charge in [-0.1, -0.05) is 26.8 Å². The Kier molecular flexibility index (Phi) is 6.05. The van der Waals surface area contributed by atoms with Gasteiger partial charge in [0.25, 0.3) is 0 Å². The van der Waals surface area contributed by atoms with Crippen LogP contribution in [-0.2, 0) is 9.16 Å². The van der Waals surface area contributed by atoms with Gasteiger partial charge in [0.2, 0.25) is 0 Å². The van der Waals surface area contributed by atoms with Gasteiger partial charge in [-0.25, -0.2) is 4.79 Å². The first kappa shape index (κ1) is 17.1. The first-order valence-corrected chi connectivity index (χ1v) is 8.83. The van der Waals surface area contributed by atoms with E-state index in [0.29, 0.717) is 0 Å². The molecule has 0 rings (SSSR count). The van der Waals surface area contributed by atoms with Crippen LogP contribution in [-0.4, -0.2) is 38.3 Å². The number of rotatable bonds is 6. The molecule has 0 unspecified atom stereocenters. The monoisotopic (exact) mass is 275 g/mol. The van der Waals surface area contributed by atoms with Gasteiger partial charge in [0.15, 0.2) is 14.4 Å². The Labute approximate surface area is 110 Å². The third kappa shape index (κ3) is 5.20. The lowest BCUT2D eigenvalue weighted by atomic mass is 10.2. The van der Waals surface area contributed by atoms with E-state index in [1.165, 1.54) is 6.08 Å². The largest absolute Gasteiger partial charge is 0.441 e. The quantitative estimate of drug-likeness (QED) is 0.574. The molecule has 0 aromatic carbocycles. The molecule has 18 heavy (non-hydrogen) atoms. The highest BCUT2D eigenvalue weighted by molar-refractivity contribution is 6.74. The average molecular weight is 275 g/mol. The molecule has 0 aromatic rings. The van der Waals surface area contributed by atoms with Crippen molar-refractivity contribution in [1.29, 1.82) is 0 Å². The molecule has 0 aliphatic carbocycles. The second-order valence-electron chi connectivity index (χ2n) is 5.77. The van der Waals surface area contributed by atoms with Crippen molar-refractivity contribution in [3.05, 3.63) is 12.7 Å². The maximum absolute atomic E-state index is 10.8. The number of carbonyl (C=O) groups excluding carboxylic acids is 1. The highest BCUT2D eigenvalue weighted by Crippen LogP contribution is 2.36. The van der Waals surface area contributed by atoms with Crippen molar-refractivity contribution in [1.82, 2.24) is 0 Å². The summed E-state index contributed by atoms with van der Waals surface area (Å²) >= 11 is 0. The molecule has 6 heteroatoms. The van der Waals surface area contributed by atoms with Crippen LogP contribution in [0.4, 0.5) is 4.79 Å². The zero-order valence-electron chi connectivity index (χ0n) is 11.9. The minimum Gasteiger partial charge on any atom is -0.441 e. The molecule has 0 saturated heterocycles. The number of aliphatic hydroxyl groups is 1. The summed E-state index contributed by atoms with van der Waals surface area (Å²) in [4.78, 5) is 10.8. The minimum atomic E-state index is -1.95. The summed E-state index contributed by atoms with van der Waals surface area (Å²) in [6.07, 6.45) is -1.43. The number of aliphatic hydroxyl groups excluding tert-OH is 1. The van der Waals surface area contributed by atoms with E-state index < -0.39 is 26.6 Å². The molecule has 3 N–H and O–H groups in total. The Balaban J connectivity index is 4.61. The van der Waals surface area contributed by atoms with E-state index in [1.807, 2.05) is 0 Å². The van der Waals surface area contributed by atoms with Gasteiger partial charge in [0.05, 0.1) is 6.61 Å². The molecule has 0 aliphatic heterocycles. The van der Waals surface area contributed by atoms with Crippen LogP contribution in [0.15, 0.2) is 12.7 Å². The molecule has 1 amide bonds. The Morgan fingerprint density at radius 2 is 2.00 bits per heavy atom. The summed E-state index contributed by atoms with van der Waals surface area (Å²) in [5.41, 5.74) is 4.96. The van der Waals surface area contributed by atoms with Crippen LogP contribution >= 0.6 is 0 Å². The second kappa shape index (κ2) is 6.35. The Bertz CT molecular complexity index is 299. The molecular formula is C12H25NO4Si. The lowest BCUT2D eigenvalue weighted by Gasteiger charge is -2.37. The third-order valence-electron chi connectivity index (χ3n) is 3.30. The molecule has 0 bridgehead atoms. The average Bonchev–Trinajstić information content (AvgIpc) is 2.21. The van der Waals surface area contributed by atoms with Crippen molar-refractivity contribution in [3.63, 3.8) is 0 Å². The van der Waals surface area contributed by atoms with Crippen LogP contribution in [0.5, 0.6) is 0 Å². The summed E-state index contributed by atoms with van der Waals surface area (Å²) in [6.45, 7) is 14.0. The number of carbonyl (C=O) groups is 1. The van der Waals surface area contributed by atoms with Gasteiger partial charge in [0, 0.05) is 0 Å². The number of primary amides is 1. The molecule has 5 nitrogen and oxygen atoms in total. The van der Waals surface area contributed by atoms with Crippen molar-refractivity contribution in [2.75, 3.05) is 6.61 Å². The Morgan fingerprint density at radius 1 is 1.50 bits per heavy atom. The van der Waals surface area contributed by atoms with E-state index in [1.54, 1.807) is 0 Å². The maximum Gasteiger partial charge on any atom is 0.404 e. The minimum absolute atomic E-state index is 0.0450. The highest BCUT2D eigenvalue weighted by atomic mass is 28.4. The van der Waals surface area contributed by atoms with Crippen LogP contribution < -0.4 is 5.73 Å². The van der Waals surface area contributed by atoms with Crippen molar-refractivity contribution in [2.24, 2.45) is 5.73 Å². The van der Waals surface area contributed by atoms with Crippen LogP contribution in [0, 0.1) is 0 Å². The maximum atomic E-state index is 10.8. The van der Waals surface area contributed by atoms with Crippen molar-refractivity contribution in [3.8, 4) is 0 Å². The second-order valence-corrected chi connectivity index (χ2v) is 10.6. The highest BCUT2D eigenvalue weighted by Gasteiger charge is 2.38. The lowest BCUT2D eigenvalue weighted by molar-refractivity contribution is 0.000426. The van der Waals surface area contributed by atoms with Crippen LogP contribution in [0.2, 0.25) is 18.1 Å². The van der Waals surface area contributed by atoms with E-state index >= 15 is 0 Å². The third-order valence-corrected chi connectivity index (χ3v) is 7.81. The number of amides is 1. The molecule has 0 aromatic heterocycles. The van der Waals surface area contributed by atoms with E-state index in [-0.39, 0.29) is 11.6 Å². The molecule has 0 fully saturated rings. The fraction of sp³-hybridized carbons (Fsp3) is 0.750. The van der Waals surface area contributed by atoms with Crippen LogP contribution in [0.3, 0.4) is 0 Å². The Hall–Kier alpha value is -0.853. The van der Waals surface area contributed by atoms with Gasteiger partial charge >= 0.3 is 6.09 Å². The fourth-order valence-corrected chi connectivity index (χ4v) is 2.02. The van der Waals surface area contributed by atoms with Gasteiger partial charge < -0.3 is 20.0 Å². The van der Waals surface area contributed by atoms with Gasteiger partial charge in [-0.05, 0) is 18.1 Å². The Morgan fingerprint density at radius 3 is 2.33 bits per heavy atom. The fourth-order valence-electron chi connectivity index (χ4n) is 1.01. The molecule has 0 aliphatic rings. The van der Waals surface area contributed by atoms with Gasteiger partial charge in [-0.15, -0.1) is 6.58 Å². The zero-order chi connectivity index (χ0) is 14.6. The number of hydrogen-bond donors (Lipinski definition) is 2. The summed E-state index contributed by atoms with van der Waals surface area (Å²) in [5.74, 6) is 0. The first-order valence-electron chi connectivity index (χ1n) is 5.92. The van der Waals surface area contributed by atoms with E-state index in [4.69, 9.17) is 14.9 Å². The lowest BCUT2D eigenvalue weighted by Crippen LogP contribution is -2.45. The van der Waals surface area contributed by atoms with Gasteiger partial charge in [0.1, 0.15) is 6.10 Å². The van der Waals surface area contributed by atoms with Crippen molar-refractivity contribution >= 4 is 14.4 Å². The van der Waals surface area contributed by atoms with E-state index in [2.05, 4.69) is 40.4 Å². The van der Waals surface area contributed by atoms with Crippen molar-refractivity contribution in [2.45, 2.75) is 51.1 Å². The predicted octanol–water partition coefficient (Wildman–Crippen LogP) is 2.02. The first-order chi connectivity index (χ1) is 8.01. The SMILES string of the molecule is C=C[C@H](O)[C@H](CO[Si](C)(C)C(C)(C)C)OC(N)=O. The van der Waals surface area contributed by atoms with E-state index in [0.717, 1.165) is 0 Å². The van der Waals surface area contributed by atoms with Gasteiger partial charge in [-0.3, -0.25) is 0 Å². The summed E-state index contributed by atoms with van der Waals surface area (Å²) < 4.78 is 10.7. The molecule has 0 radical (unpaired) electrons. The van der Waals surface area contributed by atoms with Crippen molar-refractivity contribution < 1.29 is 19.1 Å². The van der Waals surface area contributed by atoms with Crippen LogP contribution in [0.25, 0.3) is 0 Å². The normalized spacial score (nSPS) is 15.9. The number of nitrogens with two attached hydrogens (primary N) is 1. The topological polar surface area (TPSA) is 81.8 Å². The summed E-state index contributed by atoms with van der Waals surface area (Å²) in [5, 5.41) is 9.70. The smallest absolute Gasteiger partial charge is 0.404 e. The molecule has 106 valence electrons. The summed E-state index contributed by atoms with van der Waals surface area (Å²) in [7, 11) is -1.95. The van der Waals surface area contributed by atoms with E-state index in [9.17, 15) is 9.90 Å². The van der Waals surface area contributed by atoms with Crippen LogP contribution in [0.1, 0.15) is 20.8 Å². The molecule has 0 spiro atoms. The number of hydrogen-bond acceptors (Lipinski definition) is 4. The zero-order valence-corrected chi connectivity index (χ0v) is 12.9. The molecule has 0 saturated carbocycles. The standard InChI is InChI=1S/C12H25NO4Si/c1-7-9(14)10(17-11(13)15)8-16-18(5,6)12(2,3)4/h7,9-10,14H,1,8H2,2-6H3,(H2,13,15)/t9-,10-/m0/s1. The molecule has 2 atom stereocenters. The number of ether oxygens (including phenoxy) is 1. The molecule has 0 heterocycles. The predicted molar refractivity (Wildman–Crippen MR) is 73.8 cm³/mol.